The molecule has 0 radical (unpaired) electrons. The average molecular weight is 591 g/mol. The van der Waals surface area contributed by atoms with E-state index in [1.807, 2.05) is 6.07 Å². The third kappa shape index (κ3) is 7.65. The lowest BCUT2D eigenvalue weighted by Gasteiger charge is -2.34. The molecular formula is C29H29F3N2O6S. The Kier molecular flexibility index (Phi) is 9.34. The average Bonchev–Trinajstić information content (AvgIpc) is 2.96. The van der Waals surface area contributed by atoms with E-state index in [2.05, 4.69) is 5.32 Å². The number of piperidine rings is 1. The normalized spacial score (nSPS) is 17.0. The van der Waals surface area contributed by atoms with E-state index in [4.69, 9.17) is 4.74 Å². The molecule has 0 aromatic heterocycles. The van der Waals surface area contributed by atoms with Gasteiger partial charge in [-0.3, -0.25) is 4.79 Å². The number of phenols is 1. The van der Waals surface area contributed by atoms with Crippen LogP contribution in [0.2, 0.25) is 0 Å². The number of hydrogen-bond donors (Lipinski definition) is 2. The highest BCUT2D eigenvalue weighted by Crippen LogP contribution is 2.32. The summed E-state index contributed by atoms with van der Waals surface area (Å²) in [6.45, 7) is -0.126. The SMILES string of the molecule is O=C(OCc1ccccc1)[C@H](Cc1ccc(O)cc1)NC(=O)[C@@H]1CCCCN1S(=O)(=O)c1cccc(C(F)(F)F)c1. The van der Waals surface area contributed by atoms with Crippen LogP contribution in [-0.4, -0.2) is 48.3 Å². The molecule has 3 aromatic rings. The van der Waals surface area contributed by atoms with E-state index in [1.165, 1.54) is 12.1 Å². The van der Waals surface area contributed by atoms with E-state index in [-0.39, 0.29) is 31.7 Å². The molecule has 0 aliphatic carbocycles. The van der Waals surface area contributed by atoms with Crippen LogP contribution >= 0.6 is 0 Å². The van der Waals surface area contributed by atoms with Gasteiger partial charge in [-0.15, -0.1) is 0 Å². The van der Waals surface area contributed by atoms with Crippen molar-refractivity contribution in [1.82, 2.24) is 9.62 Å². The van der Waals surface area contributed by atoms with Gasteiger partial charge in [-0.1, -0.05) is 55.0 Å². The number of esters is 1. The predicted molar refractivity (Wildman–Crippen MR) is 143 cm³/mol. The lowest BCUT2D eigenvalue weighted by atomic mass is 10.0. The third-order valence-corrected chi connectivity index (χ3v) is 8.63. The molecule has 12 heteroatoms. The minimum Gasteiger partial charge on any atom is -0.508 e. The zero-order valence-corrected chi connectivity index (χ0v) is 22.7. The van der Waals surface area contributed by atoms with Crippen LogP contribution < -0.4 is 5.32 Å². The van der Waals surface area contributed by atoms with Crippen molar-refractivity contribution < 1.29 is 41.0 Å². The molecule has 218 valence electrons. The fourth-order valence-electron chi connectivity index (χ4n) is 4.58. The Hall–Kier alpha value is -3.90. The molecule has 4 rings (SSSR count). The zero-order valence-electron chi connectivity index (χ0n) is 21.9. The molecule has 1 fully saturated rings. The predicted octanol–water partition coefficient (Wildman–Crippen LogP) is 4.43. The van der Waals surface area contributed by atoms with Crippen molar-refractivity contribution in [3.8, 4) is 5.75 Å². The third-order valence-electron chi connectivity index (χ3n) is 6.73. The van der Waals surface area contributed by atoms with Crippen molar-refractivity contribution in [3.63, 3.8) is 0 Å². The molecule has 41 heavy (non-hydrogen) atoms. The van der Waals surface area contributed by atoms with Gasteiger partial charge in [-0.2, -0.15) is 17.5 Å². The number of amides is 1. The quantitative estimate of drug-likeness (QED) is 0.357. The summed E-state index contributed by atoms with van der Waals surface area (Å²) in [5.41, 5.74) is 0.203. The van der Waals surface area contributed by atoms with E-state index in [0.717, 1.165) is 28.1 Å². The summed E-state index contributed by atoms with van der Waals surface area (Å²) < 4.78 is 73.0. The minimum absolute atomic E-state index is 0.00720. The molecule has 0 unspecified atom stereocenters. The number of carbonyl (C=O) groups excluding carboxylic acids is 2. The summed E-state index contributed by atoms with van der Waals surface area (Å²) >= 11 is 0. The Bertz CT molecular complexity index is 1460. The first-order chi connectivity index (χ1) is 19.4. The summed E-state index contributed by atoms with van der Waals surface area (Å²) in [6.07, 6.45) is -3.71. The lowest BCUT2D eigenvalue weighted by molar-refractivity contribution is -0.149. The van der Waals surface area contributed by atoms with E-state index in [1.54, 1.807) is 36.4 Å². The molecule has 1 saturated heterocycles. The topological polar surface area (TPSA) is 113 Å². The number of ether oxygens (including phenoxy) is 1. The van der Waals surface area contributed by atoms with Crippen LogP contribution in [0, 0.1) is 0 Å². The number of sulfonamides is 1. The van der Waals surface area contributed by atoms with E-state index < -0.39 is 50.6 Å². The lowest BCUT2D eigenvalue weighted by Crippen LogP contribution is -2.55. The van der Waals surface area contributed by atoms with Crippen LogP contribution in [-0.2, 0) is 43.6 Å². The van der Waals surface area contributed by atoms with Gasteiger partial charge in [0.15, 0.2) is 0 Å². The minimum atomic E-state index is -4.74. The second kappa shape index (κ2) is 12.7. The fraction of sp³-hybridized carbons (Fsp3) is 0.310. The van der Waals surface area contributed by atoms with E-state index in [9.17, 15) is 36.3 Å². The van der Waals surface area contributed by atoms with Gasteiger partial charge in [0.2, 0.25) is 15.9 Å². The summed E-state index contributed by atoms with van der Waals surface area (Å²) in [6, 6.07) is 15.8. The molecule has 8 nitrogen and oxygen atoms in total. The molecular weight excluding hydrogens is 561 g/mol. The van der Waals surface area contributed by atoms with Gasteiger partial charge in [0.05, 0.1) is 10.5 Å². The van der Waals surface area contributed by atoms with Crippen molar-refractivity contribution in [2.75, 3.05) is 6.54 Å². The maximum absolute atomic E-state index is 13.5. The first-order valence-corrected chi connectivity index (χ1v) is 14.4. The Balaban J connectivity index is 1.56. The summed E-state index contributed by atoms with van der Waals surface area (Å²) in [5.74, 6) is -1.50. The highest BCUT2D eigenvalue weighted by Gasteiger charge is 2.40. The number of phenolic OH excluding ortho intramolecular Hbond substituents is 1. The number of alkyl halides is 3. The maximum Gasteiger partial charge on any atom is 0.416 e. The number of benzene rings is 3. The van der Waals surface area contributed by atoms with Crippen molar-refractivity contribution in [3.05, 3.63) is 95.6 Å². The molecule has 0 saturated carbocycles. The van der Waals surface area contributed by atoms with Crippen molar-refractivity contribution in [1.29, 1.82) is 0 Å². The number of rotatable bonds is 9. The number of aromatic hydroxyl groups is 1. The fourth-order valence-corrected chi connectivity index (χ4v) is 6.28. The summed E-state index contributed by atoms with van der Waals surface area (Å²) in [4.78, 5) is 26.0. The molecule has 0 bridgehead atoms. The van der Waals surface area contributed by atoms with Gasteiger partial charge in [0.25, 0.3) is 0 Å². The first-order valence-electron chi connectivity index (χ1n) is 12.9. The van der Waals surface area contributed by atoms with E-state index in [0.29, 0.717) is 24.5 Å². The molecule has 3 aromatic carbocycles. The summed E-state index contributed by atoms with van der Waals surface area (Å²) in [7, 11) is -4.48. The van der Waals surface area contributed by atoms with Crippen LogP contribution in [0.3, 0.4) is 0 Å². The largest absolute Gasteiger partial charge is 0.508 e. The van der Waals surface area contributed by atoms with Gasteiger partial charge >= 0.3 is 12.1 Å². The standard InChI is InChI=1S/C29H29F3N2O6S/c30-29(31,32)22-9-6-10-24(18-22)41(38,39)34-16-5-4-11-26(34)27(36)33-25(17-20-12-14-23(35)15-13-20)28(37)40-19-21-7-2-1-3-8-21/h1-3,6-10,12-15,18,25-26,35H,4-5,11,16-17,19H2,(H,33,36)/t25-,26-/m0/s1. The van der Waals surface area contributed by atoms with Gasteiger partial charge in [-0.05, 0) is 54.3 Å². The monoisotopic (exact) mass is 590 g/mol. The highest BCUT2D eigenvalue weighted by molar-refractivity contribution is 7.89. The van der Waals surface area contributed by atoms with Gasteiger partial charge in [0.1, 0.15) is 24.4 Å². The molecule has 2 atom stereocenters. The summed E-state index contributed by atoms with van der Waals surface area (Å²) in [5, 5.41) is 12.2. The Labute approximate surface area is 235 Å². The van der Waals surface area contributed by atoms with E-state index >= 15 is 0 Å². The number of halogens is 3. The van der Waals surface area contributed by atoms with Gasteiger partial charge < -0.3 is 15.2 Å². The van der Waals surface area contributed by atoms with Crippen molar-refractivity contribution in [2.45, 2.75) is 55.4 Å². The van der Waals surface area contributed by atoms with Crippen molar-refractivity contribution >= 4 is 21.9 Å². The van der Waals surface area contributed by atoms with Crippen LogP contribution in [0.4, 0.5) is 13.2 Å². The first kappa shape index (κ1) is 30.1. The molecule has 1 aliphatic rings. The Morgan fingerprint density at radius 2 is 1.68 bits per heavy atom. The van der Waals surface area contributed by atoms with Crippen LogP contribution in [0.25, 0.3) is 0 Å². The van der Waals surface area contributed by atoms with Crippen molar-refractivity contribution in [2.24, 2.45) is 0 Å². The molecule has 1 aliphatic heterocycles. The maximum atomic E-state index is 13.5. The second-order valence-corrected chi connectivity index (χ2v) is 11.6. The number of nitrogens with zero attached hydrogens (tertiary/aromatic N) is 1. The Morgan fingerprint density at radius 3 is 2.37 bits per heavy atom. The Morgan fingerprint density at radius 1 is 0.976 bits per heavy atom. The number of nitrogens with one attached hydrogen (secondary N) is 1. The molecule has 2 N–H and O–H groups in total. The smallest absolute Gasteiger partial charge is 0.416 e. The van der Waals surface area contributed by atoms with Gasteiger partial charge in [-0.25, -0.2) is 13.2 Å². The number of hydrogen-bond acceptors (Lipinski definition) is 6. The van der Waals surface area contributed by atoms with Crippen LogP contribution in [0.15, 0.2) is 83.8 Å². The van der Waals surface area contributed by atoms with Gasteiger partial charge in [0, 0.05) is 13.0 Å². The number of carbonyl (C=O) groups is 2. The molecule has 1 amide bonds. The zero-order chi connectivity index (χ0) is 29.6. The highest BCUT2D eigenvalue weighted by atomic mass is 32.2. The van der Waals surface area contributed by atoms with Crippen LogP contribution in [0.5, 0.6) is 5.75 Å². The molecule has 1 heterocycles. The molecule has 0 spiro atoms. The van der Waals surface area contributed by atoms with Crippen LogP contribution in [0.1, 0.15) is 36.0 Å². The second-order valence-electron chi connectivity index (χ2n) is 9.68.